The first-order valence-electron chi connectivity index (χ1n) is 14.3. The van der Waals surface area contributed by atoms with Gasteiger partial charge in [-0.1, -0.05) is 77.7 Å². The normalized spacial score (nSPS) is 10.9. The molecular weight excluding hydrogens is 477 g/mol. The predicted molar refractivity (Wildman–Crippen MR) is 152 cm³/mol. The van der Waals surface area contributed by atoms with Crippen molar-refractivity contribution in [1.82, 2.24) is 4.98 Å². The highest BCUT2D eigenvalue weighted by molar-refractivity contribution is 5.91. The van der Waals surface area contributed by atoms with E-state index in [0.29, 0.717) is 0 Å². The van der Waals surface area contributed by atoms with Gasteiger partial charge < -0.3 is 9.47 Å². The van der Waals surface area contributed by atoms with E-state index in [1.807, 2.05) is 30.3 Å². The second-order valence-electron chi connectivity index (χ2n) is 9.89. The lowest BCUT2D eigenvalue weighted by atomic mass is 10.0. The van der Waals surface area contributed by atoms with Gasteiger partial charge in [-0.25, -0.2) is 9.18 Å². The van der Waals surface area contributed by atoms with Crippen molar-refractivity contribution in [2.75, 3.05) is 6.61 Å². The van der Waals surface area contributed by atoms with E-state index in [1.165, 1.54) is 69.7 Å². The van der Waals surface area contributed by atoms with Gasteiger partial charge in [0.1, 0.15) is 17.3 Å². The molecule has 4 nitrogen and oxygen atoms in total. The fourth-order valence-electron chi connectivity index (χ4n) is 4.38. The Morgan fingerprint density at radius 1 is 0.763 bits per heavy atom. The van der Waals surface area contributed by atoms with Crippen molar-refractivity contribution in [2.45, 2.75) is 90.9 Å². The molecule has 38 heavy (non-hydrogen) atoms. The second kappa shape index (κ2) is 16.6. The highest BCUT2D eigenvalue weighted by atomic mass is 19.1. The summed E-state index contributed by atoms with van der Waals surface area (Å²) in [6, 6.07) is 16.0. The Bertz CT molecular complexity index is 1100. The zero-order valence-electron chi connectivity index (χ0n) is 23.0. The summed E-state index contributed by atoms with van der Waals surface area (Å²) < 4.78 is 25.8. The maximum Gasteiger partial charge on any atom is 0.346 e. The van der Waals surface area contributed by atoms with E-state index in [1.54, 1.807) is 12.1 Å². The molecular formula is C33H42FNO3. The second-order valence-corrected chi connectivity index (χ2v) is 9.89. The van der Waals surface area contributed by atoms with Crippen LogP contribution in [-0.2, 0) is 6.42 Å². The van der Waals surface area contributed by atoms with Crippen molar-refractivity contribution in [1.29, 1.82) is 0 Å². The van der Waals surface area contributed by atoms with Crippen LogP contribution in [0.25, 0.3) is 11.3 Å². The number of ether oxygens (including phenoxy) is 2. The molecule has 5 heteroatoms. The number of unbranched alkanes of at least 4 members (excludes halogenated alkanes) is 9. The van der Waals surface area contributed by atoms with E-state index in [4.69, 9.17) is 9.47 Å². The highest BCUT2D eigenvalue weighted by Crippen LogP contribution is 2.23. The molecule has 0 saturated carbocycles. The number of esters is 1. The molecule has 0 bridgehead atoms. The lowest BCUT2D eigenvalue weighted by Gasteiger charge is -2.09. The minimum absolute atomic E-state index is 0.0691. The standard InChI is InChI=1S/C33H42FNO3/c1-3-5-7-9-11-13-23-37-28-18-16-27(17-19-28)32-22-20-29(25-35-32)38-33(36)30-21-15-26(24-31(30)34)14-12-10-8-6-4-2/h15-22,24-25H,3-14,23H2,1-2H3. The topological polar surface area (TPSA) is 48.4 Å². The Morgan fingerprint density at radius 2 is 1.42 bits per heavy atom. The van der Waals surface area contributed by atoms with Crippen LogP contribution in [0.15, 0.2) is 60.8 Å². The van der Waals surface area contributed by atoms with Crippen LogP contribution in [-0.4, -0.2) is 17.6 Å². The van der Waals surface area contributed by atoms with Crippen molar-refractivity contribution in [3.05, 3.63) is 77.7 Å². The smallest absolute Gasteiger partial charge is 0.346 e. The number of aromatic nitrogens is 1. The number of carbonyl (C=O) groups is 1. The van der Waals surface area contributed by atoms with Gasteiger partial charge in [-0.15, -0.1) is 0 Å². The molecule has 0 aliphatic carbocycles. The Kier molecular flexibility index (Phi) is 12.8. The lowest BCUT2D eigenvalue weighted by molar-refractivity contribution is 0.0729. The first-order valence-corrected chi connectivity index (χ1v) is 14.3. The molecule has 2 aromatic carbocycles. The summed E-state index contributed by atoms with van der Waals surface area (Å²) in [5.74, 6) is -0.155. The summed E-state index contributed by atoms with van der Waals surface area (Å²) in [5, 5.41) is 0. The van der Waals surface area contributed by atoms with Crippen LogP contribution < -0.4 is 9.47 Å². The Hall–Kier alpha value is -3.21. The van der Waals surface area contributed by atoms with E-state index in [9.17, 15) is 9.18 Å². The number of aryl methyl sites for hydroxylation is 1. The summed E-state index contributed by atoms with van der Waals surface area (Å²) in [6.45, 7) is 5.14. The van der Waals surface area contributed by atoms with E-state index in [2.05, 4.69) is 18.8 Å². The number of hydrogen-bond acceptors (Lipinski definition) is 4. The van der Waals surface area contributed by atoms with Gasteiger partial charge in [0.05, 0.1) is 24.1 Å². The number of pyridine rings is 1. The monoisotopic (exact) mass is 519 g/mol. The van der Waals surface area contributed by atoms with Gasteiger partial charge in [0.15, 0.2) is 0 Å². The van der Waals surface area contributed by atoms with E-state index in [0.717, 1.165) is 54.9 Å². The highest BCUT2D eigenvalue weighted by Gasteiger charge is 2.15. The van der Waals surface area contributed by atoms with Gasteiger partial charge in [0, 0.05) is 5.56 Å². The van der Waals surface area contributed by atoms with Gasteiger partial charge in [-0.3, -0.25) is 4.98 Å². The third-order valence-electron chi connectivity index (χ3n) is 6.69. The molecule has 0 fully saturated rings. The van der Waals surface area contributed by atoms with Gasteiger partial charge in [-0.2, -0.15) is 0 Å². The molecule has 0 N–H and O–H groups in total. The molecule has 1 heterocycles. The van der Waals surface area contributed by atoms with Crippen LogP contribution in [0.5, 0.6) is 11.5 Å². The van der Waals surface area contributed by atoms with Crippen LogP contribution in [0.1, 0.15) is 100 Å². The Morgan fingerprint density at radius 3 is 2.08 bits per heavy atom. The van der Waals surface area contributed by atoms with Gasteiger partial charge >= 0.3 is 5.97 Å². The molecule has 0 saturated heterocycles. The first-order chi connectivity index (χ1) is 18.6. The summed E-state index contributed by atoms with van der Waals surface area (Å²) in [6.07, 6.45) is 15.5. The molecule has 0 radical (unpaired) electrons. The van der Waals surface area contributed by atoms with Crippen molar-refractivity contribution >= 4 is 5.97 Å². The van der Waals surface area contributed by atoms with Crippen LogP contribution in [0.2, 0.25) is 0 Å². The van der Waals surface area contributed by atoms with Gasteiger partial charge in [0.25, 0.3) is 0 Å². The average Bonchev–Trinajstić information content (AvgIpc) is 2.93. The maximum atomic E-state index is 14.6. The molecule has 204 valence electrons. The van der Waals surface area contributed by atoms with Crippen molar-refractivity contribution < 1.29 is 18.7 Å². The molecule has 0 aliphatic heterocycles. The predicted octanol–water partition coefficient (Wildman–Crippen LogP) is 9.36. The van der Waals surface area contributed by atoms with Crippen LogP contribution >= 0.6 is 0 Å². The number of hydrogen-bond donors (Lipinski definition) is 0. The molecule has 0 unspecified atom stereocenters. The molecule has 1 aromatic heterocycles. The summed E-state index contributed by atoms with van der Waals surface area (Å²) in [4.78, 5) is 17.0. The van der Waals surface area contributed by atoms with E-state index < -0.39 is 11.8 Å². The number of carbonyl (C=O) groups excluding carboxylic acids is 1. The molecule has 0 amide bonds. The number of rotatable bonds is 17. The zero-order chi connectivity index (χ0) is 27.0. The van der Waals surface area contributed by atoms with Crippen molar-refractivity contribution in [3.63, 3.8) is 0 Å². The molecule has 0 atom stereocenters. The zero-order valence-corrected chi connectivity index (χ0v) is 23.0. The lowest BCUT2D eigenvalue weighted by Crippen LogP contribution is -2.11. The van der Waals surface area contributed by atoms with Gasteiger partial charge in [0.2, 0.25) is 0 Å². The fraction of sp³-hybridized carbons (Fsp3) is 0.455. The summed E-state index contributed by atoms with van der Waals surface area (Å²) >= 11 is 0. The van der Waals surface area contributed by atoms with Crippen LogP contribution in [0.3, 0.4) is 0 Å². The number of nitrogens with zero attached hydrogens (tertiary/aromatic N) is 1. The minimum Gasteiger partial charge on any atom is -0.494 e. The largest absolute Gasteiger partial charge is 0.494 e. The third-order valence-corrected chi connectivity index (χ3v) is 6.69. The summed E-state index contributed by atoms with van der Waals surface area (Å²) in [7, 11) is 0. The fourth-order valence-corrected chi connectivity index (χ4v) is 4.38. The first kappa shape index (κ1) is 29.3. The Labute approximate surface area is 227 Å². The maximum absolute atomic E-state index is 14.6. The molecule has 0 spiro atoms. The SMILES string of the molecule is CCCCCCCCOc1ccc(-c2ccc(OC(=O)c3ccc(CCCCCCC)cc3F)cn2)cc1. The third kappa shape index (κ3) is 9.92. The Balaban J connectivity index is 1.46. The minimum atomic E-state index is -0.724. The summed E-state index contributed by atoms with van der Waals surface area (Å²) in [5.41, 5.74) is 2.52. The molecule has 3 aromatic rings. The van der Waals surface area contributed by atoms with Crippen molar-refractivity contribution in [3.8, 4) is 22.8 Å². The molecule has 3 rings (SSSR count). The van der Waals surface area contributed by atoms with Crippen LogP contribution in [0, 0.1) is 5.82 Å². The van der Waals surface area contributed by atoms with E-state index in [-0.39, 0.29) is 11.3 Å². The average molecular weight is 520 g/mol. The van der Waals surface area contributed by atoms with Crippen molar-refractivity contribution in [2.24, 2.45) is 0 Å². The number of benzene rings is 2. The quantitative estimate of drug-likeness (QED) is 0.132. The van der Waals surface area contributed by atoms with E-state index >= 15 is 0 Å². The van der Waals surface area contributed by atoms with Crippen LogP contribution in [0.4, 0.5) is 4.39 Å². The molecule has 0 aliphatic rings. The number of halogens is 1. The van der Waals surface area contributed by atoms with Gasteiger partial charge in [-0.05, 0) is 73.4 Å².